The van der Waals surface area contributed by atoms with Crippen LogP contribution in [0.25, 0.3) is 0 Å². The third-order valence-corrected chi connectivity index (χ3v) is 2.64. The number of nitrogens with one attached hydrogen (secondary N) is 1. The molecule has 0 aliphatic carbocycles. The first kappa shape index (κ1) is 15.0. The van der Waals surface area contributed by atoms with Crippen LogP contribution < -0.4 is 11.1 Å². The average Bonchev–Trinajstić information content (AvgIpc) is 2.42. The number of nitrogens with two attached hydrogens (primary N) is 1. The molecule has 0 fully saturated rings. The SMILES string of the molecule is CO.Cc1ccc(CNc2ccccc2N)c(F)c1. The molecule has 0 heterocycles. The molecule has 0 bridgehead atoms. The Morgan fingerprint density at radius 1 is 1.16 bits per heavy atom. The Bertz CT molecular complexity index is 529. The number of para-hydroxylation sites is 2. The van der Waals surface area contributed by atoms with Crippen molar-refractivity contribution in [3.05, 3.63) is 59.4 Å². The molecule has 0 unspecified atom stereocenters. The van der Waals surface area contributed by atoms with Gasteiger partial charge in [0.05, 0.1) is 11.4 Å². The molecule has 2 rings (SSSR count). The molecule has 19 heavy (non-hydrogen) atoms. The lowest BCUT2D eigenvalue weighted by Crippen LogP contribution is -2.04. The van der Waals surface area contributed by atoms with Crippen LogP contribution in [0.15, 0.2) is 42.5 Å². The number of hydrogen-bond donors (Lipinski definition) is 3. The lowest BCUT2D eigenvalue weighted by molar-refractivity contribution is 0.399. The lowest BCUT2D eigenvalue weighted by Gasteiger charge is -2.10. The molecule has 0 saturated heterocycles. The smallest absolute Gasteiger partial charge is 0.128 e. The Morgan fingerprint density at radius 3 is 2.47 bits per heavy atom. The van der Waals surface area contributed by atoms with Crippen LogP contribution in [-0.4, -0.2) is 12.2 Å². The van der Waals surface area contributed by atoms with Crippen molar-refractivity contribution >= 4 is 11.4 Å². The number of hydrogen-bond acceptors (Lipinski definition) is 3. The second-order valence-corrected chi connectivity index (χ2v) is 4.04. The standard InChI is InChI=1S/C14H15FN2.CH4O/c1-10-6-7-11(12(15)8-10)9-17-14-5-3-2-4-13(14)16;1-2/h2-8,17H,9,16H2,1H3;2H,1H3. The van der Waals surface area contributed by atoms with Gasteiger partial charge in [0, 0.05) is 19.2 Å². The molecule has 0 amide bonds. The van der Waals surface area contributed by atoms with Gasteiger partial charge in [-0.05, 0) is 30.7 Å². The molecular formula is C15H19FN2O. The van der Waals surface area contributed by atoms with E-state index in [0.717, 1.165) is 18.4 Å². The minimum Gasteiger partial charge on any atom is -0.400 e. The second-order valence-electron chi connectivity index (χ2n) is 4.04. The summed E-state index contributed by atoms with van der Waals surface area (Å²) in [6, 6.07) is 12.7. The summed E-state index contributed by atoms with van der Waals surface area (Å²) in [4.78, 5) is 0. The van der Waals surface area contributed by atoms with Gasteiger partial charge in [0.2, 0.25) is 0 Å². The molecule has 2 aromatic rings. The van der Waals surface area contributed by atoms with Gasteiger partial charge in [0.15, 0.2) is 0 Å². The zero-order valence-electron chi connectivity index (χ0n) is 11.2. The van der Waals surface area contributed by atoms with Gasteiger partial charge >= 0.3 is 0 Å². The number of nitrogen functional groups attached to an aromatic ring is 1. The third-order valence-electron chi connectivity index (χ3n) is 2.64. The fourth-order valence-corrected chi connectivity index (χ4v) is 1.64. The topological polar surface area (TPSA) is 58.3 Å². The Hall–Kier alpha value is -2.07. The first-order valence-electron chi connectivity index (χ1n) is 5.95. The number of benzene rings is 2. The van der Waals surface area contributed by atoms with Crippen LogP contribution in [-0.2, 0) is 6.54 Å². The number of rotatable bonds is 3. The van der Waals surface area contributed by atoms with E-state index in [9.17, 15) is 4.39 Å². The molecule has 0 spiro atoms. The van der Waals surface area contributed by atoms with Crippen molar-refractivity contribution in [3.8, 4) is 0 Å². The maximum absolute atomic E-state index is 13.6. The fourth-order valence-electron chi connectivity index (χ4n) is 1.64. The summed E-state index contributed by atoms with van der Waals surface area (Å²) in [6.07, 6.45) is 0. The first-order valence-corrected chi connectivity index (χ1v) is 5.95. The molecular weight excluding hydrogens is 243 g/mol. The number of halogens is 1. The Labute approximate surface area is 112 Å². The Kier molecular flexibility index (Phi) is 5.82. The van der Waals surface area contributed by atoms with Crippen molar-refractivity contribution in [2.24, 2.45) is 0 Å². The van der Waals surface area contributed by atoms with Crippen LogP contribution in [0.1, 0.15) is 11.1 Å². The normalized spacial score (nSPS) is 9.47. The predicted molar refractivity (Wildman–Crippen MR) is 77.5 cm³/mol. The average molecular weight is 262 g/mol. The van der Waals surface area contributed by atoms with Crippen molar-refractivity contribution in [2.75, 3.05) is 18.2 Å². The highest BCUT2D eigenvalue weighted by Crippen LogP contribution is 2.18. The van der Waals surface area contributed by atoms with E-state index in [4.69, 9.17) is 10.8 Å². The number of aliphatic hydroxyl groups excluding tert-OH is 1. The van der Waals surface area contributed by atoms with E-state index in [1.807, 2.05) is 37.3 Å². The van der Waals surface area contributed by atoms with Crippen LogP contribution >= 0.6 is 0 Å². The van der Waals surface area contributed by atoms with E-state index < -0.39 is 0 Å². The van der Waals surface area contributed by atoms with Crippen LogP contribution in [0.2, 0.25) is 0 Å². The summed E-state index contributed by atoms with van der Waals surface area (Å²) in [5.74, 6) is -0.188. The fraction of sp³-hybridized carbons (Fsp3) is 0.200. The molecule has 0 aromatic heterocycles. The zero-order valence-corrected chi connectivity index (χ0v) is 11.2. The summed E-state index contributed by atoms with van der Waals surface area (Å²) in [7, 11) is 1.00. The highest BCUT2D eigenvalue weighted by atomic mass is 19.1. The molecule has 2 aromatic carbocycles. The third kappa shape index (κ3) is 4.26. The summed E-state index contributed by atoms with van der Waals surface area (Å²) in [5.41, 5.74) is 8.84. The van der Waals surface area contributed by atoms with Gasteiger partial charge < -0.3 is 16.2 Å². The maximum Gasteiger partial charge on any atom is 0.128 e. The molecule has 0 aliphatic rings. The van der Waals surface area contributed by atoms with Crippen LogP contribution in [0.5, 0.6) is 0 Å². The molecule has 0 saturated carbocycles. The largest absolute Gasteiger partial charge is 0.400 e. The highest BCUT2D eigenvalue weighted by Gasteiger charge is 2.03. The van der Waals surface area contributed by atoms with E-state index in [0.29, 0.717) is 17.8 Å². The zero-order chi connectivity index (χ0) is 14.3. The van der Waals surface area contributed by atoms with Gasteiger partial charge in [0.1, 0.15) is 5.82 Å². The summed E-state index contributed by atoms with van der Waals surface area (Å²) >= 11 is 0. The maximum atomic E-state index is 13.6. The summed E-state index contributed by atoms with van der Waals surface area (Å²) in [5, 5.41) is 10.1. The van der Waals surface area contributed by atoms with Gasteiger partial charge in [-0.3, -0.25) is 0 Å². The van der Waals surface area contributed by atoms with E-state index in [2.05, 4.69) is 5.32 Å². The molecule has 102 valence electrons. The molecule has 4 heteroatoms. The molecule has 3 nitrogen and oxygen atoms in total. The highest BCUT2D eigenvalue weighted by molar-refractivity contribution is 5.65. The Morgan fingerprint density at radius 2 is 1.84 bits per heavy atom. The number of aryl methyl sites for hydroxylation is 1. The van der Waals surface area contributed by atoms with Gasteiger partial charge in [-0.25, -0.2) is 4.39 Å². The van der Waals surface area contributed by atoms with Crippen molar-refractivity contribution in [2.45, 2.75) is 13.5 Å². The van der Waals surface area contributed by atoms with E-state index in [1.165, 1.54) is 6.07 Å². The minimum atomic E-state index is -0.188. The van der Waals surface area contributed by atoms with Crippen molar-refractivity contribution in [1.82, 2.24) is 0 Å². The quantitative estimate of drug-likeness (QED) is 0.745. The molecule has 0 aliphatic heterocycles. The van der Waals surface area contributed by atoms with E-state index in [1.54, 1.807) is 6.07 Å². The first-order chi connectivity index (χ1) is 9.16. The van der Waals surface area contributed by atoms with Crippen molar-refractivity contribution < 1.29 is 9.50 Å². The van der Waals surface area contributed by atoms with Crippen LogP contribution in [0.3, 0.4) is 0 Å². The Balaban J connectivity index is 0.000000861. The van der Waals surface area contributed by atoms with Gasteiger partial charge in [-0.2, -0.15) is 0 Å². The van der Waals surface area contributed by atoms with Gasteiger partial charge in [-0.15, -0.1) is 0 Å². The molecule has 0 atom stereocenters. The molecule has 0 radical (unpaired) electrons. The number of aliphatic hydroxyl groups is 1. The summed E-state index contributed by atoms with van der Waals surface area (Å²) in [6.45, 7) is 2.30. The van der Waals surface area contributed by atoms with Crippen LogP contribution in [0, 0.1) is 12.7 Å². The van der Waals surface area contributed by atoms with Crippen LogP contribution in [0.4, 0.5) is 15.8 Å². The van der Waals surface area contributed by atoms with Gasteiger partial charge in [0.25, 0.3) is 0 Å². The van der Waals surface area contributed by atoms with Crippen molar-refractivity contribution in [3.63, 3.8) is 0 Å². The monoisotopic (exact) mass is 262 g/mol. The van der Waals surface area contributed by atoms with E-state index in [-0.39, 0.29) is 5.82 Å². The predicted octanol–water partition coefficient (Wildman–Crippen LogP) is 2.94. The van der Waals surface area contributed by atoms with Crippen molar-refractivity contribution in [1.29, 1.82) is 0 Å². The molecule has 4 N–H and O–H groups in total. The second kappa shape index (κ2) is 7.38. The van der Waals surface area contributed by atoms with Gasteiger partial charge in [-0.1, -0.05) is 24.3 Å². The van der Waals surface area contributed by atoms with E-state index >= 15 is 0 Å². The minimum absolute atomic E-state index is 0.188. The number of anilines is 2. The lowest BCUT2D eigenvalue weighted by atomic mass is 10.1. The summed E-state index contributed by atoms with van der Waals surface area (Å²) < 4.78 is 13.6.